The smallest absolute Gasteiger partial charge is 0.253 e. The molecular formula is C21H19F2N3O2. The normalized spacial score (nSPS) is 13.3. The highest BCUT2D eigenvalue weighted by molar-refractivity contribution is 5.70. The number of fused-ring (bicyclic) bond motifs is 1. The highest BCUT2D eigenvalue weighted by Crippen LogP contribution is 2.36. The Morgan fingerprint density at radius 2 is 1.86 bits per heavy atom. The SMILES string of the molecule is Cc1ncc(Oc2ccc(F)cc2F)c(-c2cn(C)c(=O)c3c2CCCC3)n1. The fourth-order valence-corrected chi connectivity index (χ4v) is 3.59. The molecule has 0 radical (unpaired) electrons. The summed E-state index contributed by atoms with van der Waals surface area (Å²) in [6.07, 6.45) is 6.67. The molecule has 1 aromatic carbocycles. The average Bonchev–Trinajstić information content (AvgIpc) is 2.68. The van der Waals surface area contributed by atoms with Crippen molar-refractivity contribution in [3.63, 3.8) is 0 Å². The number of rotatable bonds is 3. The number of aromatic nitrogens is 3. The Morgan fingerprint density at radius 1 is 1.11 bits per heavy atom. The summed E-state index contributed by atoms with van der Waals surface area (Å²) in [6, 6.07) is 3.11. The third-order valence-corrected chi connectivity index (χ3v) is 4.94. The van der Waals surface area contributed by atoms with E-state index in [2.05, 4.69) is 9.97 Å². The quantitative estimate of drug-likeness (QED) is 0.683. The third kappa shape index (κ3) is 3.28. The van der Waals surface area contributed by atoms with Gasteiger partial charge in [-0.25, -0.2) is 18.7 Å². The summed E-state index contributed by atoms with van der Waals surface area (Å²) in [7, 11) is 1.70. The number of ether oxygens (including phenoxy) is 1. The molecule has 0 unspecified atom stereocenters. The van der Waals surface area contributed by atoms with Crippen LogP contribution in [0.2, 0.25) is 0 Å². The lowest BCUT2D eigenvalue weighted by Crippen LogP contribution is -2.25. The summed E-state index contributed by atoms with van der Waals surface area (Å²) >= 11 is 0. The topological polar surface area (TPSA) is 57.0 Å². The minimum absolute atomic E-state index is 0.00345. The zero-order chi connectivity index (χ0) is 19.8. The van der Waals surface area contributed by atoms with Crippen LogP contribution in [0.3, 0.4) is 0 Å². The van der Waals surface area contributed by atoms with Gasteiger partial charge in [-0.15, -0.1) is 0 Å². The van der Waals surface area contributed by atoms with Gasteiger partial charge in [0.15, 0.2) is 17.3 Å². The predicted octanol–water partition coefficient (Wildman–Crippen LogP) is 4.10. The lowest BCUT2D eigenvalue weighted by molar-refractivity contribution is 0.435. The Labute approximate surface area is 160 Å². The molecule has 0 bridgehead atoms. The van der Waals surface area contributed by atoms with Crippen LogP contribution in [0.1, 0.15) is 29.8 Å². The molecule has 3 aromatic rings. The minimum Gasteiger partial charge on any atom is -0.450 e. The van der Waals surface area contributed by atoms with Crippen LogP contribution in [0.4, 0.5) is 8.78 Å². The minimum atomic E-state index is -0.811. The number of hydrogen-bond acceptors (Lipinski definition) is 4. The number of aryl methyl sites for hydroxylation is 2. The van der Waals surface area contributed by atoms with Crippen molar-refractivity contribution in [3.05, 3.63) is 69.5 Å². The van der Waals surface area contributed by atoms with Gasteiger partial charge >= 0.3 is 0 Å². The van der Waals surface area contributed by atoms with Crippen LogP contribution in [0, 0.1) is 18.6 Å². The largest absolute Gasteiger partial charge is 0.450 e. The van der Waals surface area contributed by atoms with Crippen molar-refractivity contribution in [2.45, 2.75) is 32.6 Å². The maximum Gasteiger partial charge on any atom is 0.253 e. The lowest BCUT2D eigenvalue weighted by Gasteiger charge is -2.21. The molecule has 2 heterocycles. The number of benzene rings is 1. The molecule has 0 N–H and O–H groups in total. The van der Waals surface area contributed by atoms with E-state index in [9.17, 15) is 13.6 Å². The molecule has 0 amide bonds. The average molecular weight is 383 g/mol. The molecule has 0 fully saturated rings. The van der Waals surface area contributed by atoms with Crippen molar-refractivity contribution in [1.82, 2.24) is 14.5 Å². The molecule has 0 atom stereocenters. The second-order valence-corrected chi connectivity index (χ2v) is 6.93. The zero-order valence-corrected chi connectivity index (χ0v) is 15.6. The molecule has 144 valence electrons. The van der Waals surface area contributed by atoms with Crippen LogP contribution in [-0.4, -0.2) is 14.5 Å². The van der Waals surface area contributed by atoms with Gasteiger partial charge in [0.05, 0.1) is 6.20 Å². The van der Waals surface area contributed by atoms with Crippen molar-refractivity contribution < 1.29 is 13.5 Å². The van der Waals surface area contributed by atoms with Crippen LogP contribution in [0.15, 0.2) is 35.4 Å². The van der Waals surface area contributed by atoms with Gasteiger partial charge < -0.3 is 9.30 Å². The van der Waals surface area contributed by atoms with Crippen molar-refractivity contribution in [3.8, 4) is 22.8 Å². The summed E-state index contributed by atoms with van der Waals surface area (Å²) in [5.74, 6) is -0.831. The summed E-state index contributed by atoms with van der Waals surface area (Å²) < 4.78 is 34.5. The Balaban J connectivity index is 1.88. The highest BCUT2D eigenvalue weighted by atomic mass is 19.1. The molecule has 0 spiro atoms. The first kappa shape index (κ1) is 18.3. The predicted molar refractivity (Wildman–Crippen MR) is 101 cm³/mol. The van der Waals surface area contributed by atoms with E-state index in [4.69, 9.17) is 4.74 Å². The van der Waals surface area contributed by atoms with Crippen molar-refractivity contribution in [2.24, 2.45) is 7.05 Å². The van der Waals surface area contributed by atoms with Crippen molar-refractivity contribution in [1.29, 1.82) is 0 Å². The van der Waals surface area contributed by atoms with E-state index < -0.39 is 11.6 Å². The van der Waals surface area contributed by atoms with Crippen LogP contribution >= 0.6 is 0 Å². The van der Waals surface area contributed by atoms with Gasteiger partial charge in [0.25, 0.3) is 5.56 Å². The second-order valence-electron chi connectivity index (χ2n) is 6.93. The molecule has 5 nitrogen and oxygen atoms in total. The molecule has 1 aliphatic carbocycles. The van der Waals surface area contributed by atoms with Crippen molar-refractivity contribution in [2.75, 3.05) is 0 Å². The number of nitrogens with zero attached hydrogens (tertiary/aromatic N) is 3. The first-order chi connectivity index (χ1) is 13.4. The van der Waals surface area contributed by atoms with E-state index in [0.717, 1.165) is 54.5 Å². The number of pyridine rings is 1. The molecule has 0 aliphatic heterocycles. The summed E-state index contributed by atoms with van der Waals surface area (Å²) in [5, 5.41) is 0. The second kappa shape index (κ2) is 7.14. The standard InChI is InChI=1S/C21H19F2N3O2/c1-12-24-10-19(28-18-8-7-13(22)9-17(18)23)20(25-12)16-11-26(2)21(27)15-6-4-3-5-14(15)16/h7-11H,3-6H2,1-2H3. The molecule has 4 rings (SSSR count). The van der Waals surface area contributed by atoms with Gasteiger partial charge in [-0.3, -0.25) is 4.79 Å². The monoisotopic (exact) mass is 383 g/mol. The maximum atomic E-state index is 14.1. The van der Waals surface area contributed by atoms with E-state index in [0.29, 0.717) is 11.5 Å². The fraction of sp³-hybridized carbons (Fsp3) is 0.286. The molecule has 2 aromatic heterocycles. The van der Waals surface area contributed by atoms with Gasteiger partial charge in [-0.1, -0.05) is 0 Å². The summed E-state index contributed by atoms with van der Waals surface area (Å²) in [6.45, 7) is 1.75. The van der Waals surface area contributed by atoms with E-state index in [1.807, 2.05) is 0 Å². The zero-order valence-electron chi connectivity index (χ0n) is 15.6. The number of hydrogen-bond donors (Lipinski definition) is 0. The third-order valence-electron chi connectivity index (χ3n) is 4.94. The lowest BCUT2D eigenvalue weighted by atomic mass is 9.88. The molecule has 0 saturated heterocycles. The van der Waals surface area contributed by atoms with E-state index >= 15 is 0 Å². The molecular weight excluding hydrogens is 364 g/mol. The van der Waals surface area contributed by atoms with Gasteiger partial charge in [0.2, 0.25) is 0 Å². The Kier molecular flexibility index (Phi) is 4.66. The maximum absolute atomic E-state index is 14.1. The van der Waals surface area contributed by atoms with E-state index in [-0.39, 0.29) is 17.1 Å². The first-order valence-electron chi connectivity index (χ1n) is 9.12. The Hall–Kier alpha value is -3.09. The first-order valence-corrected chi connectivity index (χ1v) is 9.12. The van der Waals surface area contributed by atoms with Gasteiger partial charge in [0.1, 0.15) is 17.3 Å². The van der Waals surface area contributed by atoms with Crippen LogP contribution in [0.5, 0.6) is 11.5 Å². The summed E-state index contributed by atoms with van der Waals surface area (Å²) in [5.41, 5.74) is 3.01. The molecule has 0 saturated carbocycles. The van der Waals surface area contributed by atoms with Gasteiger partial charge in [0, 0.05) is 30.4 Å². The van der Waals surface area contributed by atoms with Crippen LogP contribution < -0.4 is 10.3 Å². The highest BCUT2D eigenvalue weighted by Gasteiger charge is 2.23. The Morgan fingerprint density at radius 3 is 2.61 bits per heavy atom. The Bertz CT molecular complexity index is 1130. The van der Waals surface area contributed by atoms with Crippen LogP contribution in [-0.2, 0) is 19.9 Å². The molecule has 1 aliphatic rings. The fourth-order valence-electron chi connectivity index (χ4n) is 3.59. The van der Waals surface area contributed by atoms with E-state index in [1.54, 1.807) is 24.7 Å². The molecule has 7 heteroatoms. The van der Waals surface area contributed by atoms with Gasteiger partial charge in [-0.2, -0.15) is 0 Å². The summed E-state index contributed by atoms with van der Waals surface area (Å²) in [4.78, 5) is 21.2. The van der Waals surface area contributed by atoms with E-state index in [1.165, 1.54) is 12.3 Å². The van der Waals surface area contributed by atoms with Crippen molar-refractivity contribution >= 4 is 0 Å². The number of halogens is 2. The molecule has 28 heavy (non-hydrogen) atoms. The van der Waals surface area contributed by atoms with Gasteiger partial charge in [-0.05, 0) is 50.3 Å². The van der Waals surface area contributed by atoms with Crippen LogP contribution in [0.25, 0.3) is 11.3 Å².